The van der Waals surface area contributed by atoms with Crippen molar-refractivity contribution in [2.75, 3.05) is 38.2 Å². The molecule has 0 atom stereocenters. The molecule has 5 rings (SSSR count). The normalized spacial score (nSPS) is 13.5. The van der Waals surface area contributed by atoms with Gasteiger partial charge in [-0.05, 0) is 55.2 Å². The van der Waals surface area contributed by atoms with Crippen molar-refractivity contribution in [1.82, 2.24) is 39.5 Å². The molecule has 0 unspecified atom stereocenters. The van der Waals surface area contributed by atoms with Crippen molar-refractivity contribution in [3.63, 3.8) is 0 Å². The zero-order valence-corrected chi connectivity index (χ0v) is 20.5. The number of fused-ring (bicyclic) bond motifs is 2. The Morgan fingerprint density at radius 2 is 2.15 bits per heavy atom. The lowest BCUT2D eigenvalue weighted by molar-refractivity contribution is -0.132. The maximum Gasteiger partial charge on any atom is 0.248 e. The van der Waals surface area contributed by atoms with Gasteiger partial charge in [-0.1, -0.05) is 0 Å². The third-order valence-electron chi connectivity index (χ3n) is 5.48. The van der Waals surface area contributed by atoms with E-state index in [0.717, 1.165) is 33.5 Å². The van der Waals surface area contributed by atoms with E-state index in [2.05, 4.69) is 30.4 Å². The molecule has 176 valence electrons. The first kappa shape index (κ1) is 22.4. The summed E-state index contributed by atoms with van der Waals surface area (Å²) in [6, 6.07) is 1.97. The van der Waals surface area contributed by atoms with Crippen LogP contribution >= 0.6 is 22.9 Å². The smallest absolute Gasteiger partial charge is 0.248 e. The number of anilines is 3. The molecule has 4 aromatic heterocycles. The molecular weight excluding hydrogens is 476 g/mol. The minimum atomic E-state index is 0.0980. The molecule has 1 amide bonds. The predicted molar refractivity (Wildman–Crippen MR) is 132 cm³/mol. The molecule has 4 aromatic rings. The standard InChI is InChI=1S/C21H23ClN10OS/c1-11-10-34-17-16(11)26-19(22)27-18(17)32-20(23)28-21(29-32)25-13-6-12-8-31(15(33)9-30(2)3)5-4-14(12)24-7-13/h6-7,10H,4-5,8-9H2,1-3H3,(H3,23,25,28,29). The molecule has 13 heteroatoms. The van der Waals surface area contributed by atoms with Crippen molar-refractivity contribution in [3.05, 3.63) is 39.7 Å². The van der Waals surface area contributed by atoms with E-state index in [1.807, 2.05) is 42.3 Å². The summed E-state index contributed by atoms with van der Waals surface area (Å²) in [4.78, 5) is 33.8. The van der Waals surface area contributed by atoms with Crippen LogP contribution in [0.4, 0.5) is 17.6 Å². The molecule has 11 nitrogen and oxygen atoms in total. The Morgan fingerprint density at radius 3 is 2.94 bits per heavy atom. The van der Waals surface area contributed by atoms with Crippen LogP contribution in [0.15, 0.2) is 17.6 Å². The summed E-state index contributed by atoms with van der Waals surface area (Å²) in [6.45, 7) is 3.52. The molecule has 34 heavy (non-hydrogen) atoms. The fourth-order valence-corrected chi connectivity index (χ4v) is 5.00. The van der Waals surface area contributed by atoms with Crippen LogP contribution in [0.3, 0.4) is 0 Å². The van der Waals surface area contributed by atoms with Gasteiger partial charge in [0, 0.05) is 25.2 Å². The van der Waals surface area contributed by atoms with Crippen LogP contribution in [-0.4, -0.2) is 72.6 Å². The van der Waals surface area contributed by atoms with Crippen molar-refractivity contribution in [3.8, 4) is 5.82 Å². The van der Waals surface area contributed by atoms with Gasteiger partial charge < -0.3 is 20.9 Å². The molecule has 0 spiro atoms. The Bertz CT molecular complexity index is 1400. The number of hydrogen-bond acceptors (Lipinski definition) is 10. The second-order valence-corrected chi connectivity index (χ2v) is 9.59. The average Bonchev–Trinajstić information content (AvgIpc) is 3.34. The SMILES string of the molecule is Cc1csc2c(-n3nc(Nc4cnc5c(c4)CN(C(=O)CN(C)C)CC5)nc3N)nc(Cl)nc12. The van der Waals surface area contributed by atoms with Gasteiger partial charge >= 0.3 is 0 Å². The van der Waals surface area contributed by atoms with E-state index in [1.54, 1.807) is 6.20 Å². The first-order valence-electron chi connectivity index (χ1n) is 10.6. The summed E-state index contributed by atoms with van der Waals surface area (Å²) in [7, 11) is 3.77. The number of nitrogen functional groups attached to an aromatic ring is 1. The highest BCUT2D eigenvalue weighted by Crippen LogP contribution is 2.31. The topological polar surface area (TPSA) is 131 Å². The molecule has 0 saturated carbocycles. The zero-order chi connectivity index (χ0) is 24.0. The van der Waals surface area contributed by atoms with Crippen molar-refractivity contribution in [2.45, 2.75) is 19.9 Å². The number of amides is 1. The van der Waals surface area contributed by atoms with Crippen LogP contribution in [0, 0.1) is 6.92 Å². The number of nitrogens with two attached hydrogens (primary N) is 1. The number of carbonyl (C=O) groups excluding carboxylic acids is 1. The van der Waals surface area contributed by atoms with Gasteiger partial charge in [-0.25, -0.2) is 4.98 Å². The number of pyridine rings is 1. The van der Waals surface area contributed by atoms with Crippen molar-refractivity contribution >= 4 is 56.6 Å². The molecule has 0 radical (unpaired) electrons. The van der Waals surface area contributed by atoms with Crippen LogP contribution < -0.4 is 11.1 Å². The lowest BCUT2D eigenvalue weighted by atomic mass is 10.1. The molecule has 0 aromatic carbocycles. The van der Waals surface area contributed by atoms with Crippen LogP contribution in [0.2, 0.25) is 5.28 Å². The quantitative estimate of drug-likeness (QED) is 0.398. The number of rotatable bonds is 5. The summed E-state index contributed by atoms with van der Waals surface area (Å²) < 4.78 is 2.27. The summed E-state index contributed by atoms with van der Waals surface area (Å²) in [5.41, 5.74) is 10.6. The fraction of sp³-hybridized carbons (Fsp3) is 0.333. The Balaban J connectivity index is 1.40. The lowest BCUT2D eigenvalue weighted by Gasteiger charge is -2.29. The van der Waals surface area contributed by atoms with Crippen LogP contribution in [-0.2, 0) is 17.8 Å². The number of nitrogens with one attached hydrogen (secondary N) is 1. The number of halogens is 1. The number of nitrogens with zero attached hydrogens (tertiary/aromatic N) is 8. The third-order valence-corrected chi connectivity index (χ3v) is 6.73. The monoisotopic (exact) mass is 498 g/mol. The van der Waals surface area contributed by atoms with Crippen molar-refractivity contribution in [1.29, 1.82) is 0 Å². The molecule has 1 aliphatic heterocycles. The van der Waals surface area contributed by atoms with Gasteiger partial charge in [0.25, 0.3) is 0 Å². The maximum atomic E-state index is 12.5. The number of aryl methyl sites for hydroxylation is 1. The van der Waals surface area contributed by atoms with Gasteiger partial charge in [-0.15, -0.1) is 16.4 Å². The molecule has 0 aliphatic carbocycles. The number of aromatic nitrogens is 6. The number of thiophene rings is 1. The summed E-state index contributed by atoms with van der Waals surface area (Å²) in [5, 5.41) is 9.75. The first-order chi connectivity index (χ1) is 16.3. The molecule has 0 bridgehead atoms. The first-order valence-corrected chi connectivity index (χ1v) is 11.9. The van der Waals surface area contributed by atoms with Gasteiger partial charge in [0.15, 0.2) is 5.82 Å². The summed E-state index contributed by atoms with van der Waals surface area (Å²) in [5.74, 6) is 1.04. The zero-order valence-electron chi connectivity index (χ0n) is 18.9. The van der Waals surface area contributed by atoms with Gasteiger partial charge in [0.05, 0.1) is 28.6 Å². The number of carbonyl (C=O) groups is 1. The highest BCUT2D eigenvalue weighted by Gasteiger charge is 2.23. The van der Waals surface area contributed by atoms with E-state index in [9.17, 15) is 4.79 Å². The van der Waals surface area contributed by atoms with Crippen LogP contribution in [0.5, 0.6) is 0 Å². The number of likely N-dealkylation sites (N-methyl/N-ethyl adjacent to an activating group) is 1. The molecule has 1 aliphatic rings. The highest BCUT2D eigenvalue weighted by atomic mass is 35.5. The van der Waals surface area contributed by atoms with Gasteiger partial charge in [-0.3, -0.25) is 9.78 Å². The van der Waals surface area contributed by atoms with E-state index in [1.165, 1.54) is 16.0 Å². The Morgan fingerprint density at radius 1 is 1.32 bits per heavy atom. The Kier molecular flexibility index (Phi) is 5.80. The summed E-state index contributed by atoms with van der Waals surface area (Å²) in [6.07, 6.45) is 2.45. The minimum Gasteiger partial charge on any atom is -0.368 e. The second kappa shape index (κ2) is 8.78. The predicted octanol–water partition coefficient (Wildman–Crippen LogP) is 2.40. The maximum absolute atomic E-state index is 12.5. The second-order valence-electron chi connectivity index (χ2n) is 8.38. The highest BCUT2D eigenvalue weighted by molar-refractivity contribution is 7.17. The Labute approximate surface area is 204 Å². The van der Waals surface area contributed by atoms with Gasteiger partial charge in [0.2, 0.25) is 23.1 Å². The van der Waals surface area contributed by atoms with E-state index in [4.69, 9.17) is 17.3 Å². The fourth-order valence-electron chi connectivity index (χ4n) is 3.87. The van der Waals surface area contributed by atoms with Crippen LogP contribution in [0.25, 0.3) is 16.0 Å². The van der Waals surface area contributed by atoms with E-state index in [-0.39, 0.29) is 17.1 Å². The molecule has 3 N–H and O–H groups in total. The van der Waals surface area contributed by atoms with E-state index < -0.39 is 0 Å². The Hall–Kier alpha value is -3.35. The van der Waals surface area contributed by atoms with Crippen molar-refractivity contribution in [2.24, 2.45) is 0 Å². The van der Waals surface area contributed by atoms with Gasteiger partial charge in [0.1, 0.15) is 0 Å². The molecule has 0 saturated heterocycles. The largest absolute Gasteiger partial charge is 0.368 e. The van der Waals surface area contributed by atoms with Gasteiger partial charge in [-0.2, -0.15) is 14.6 Å². The summed E-state index contributed by atoms with van der Waals surface area (Å²) >= 11 is 7.64. The molecule has 0 fully saturated rings. The van der Waals surface area contributed by atoms with Crippen molar-refractivity contribution < 1.29 is 4.79 Å². The minimum absolute atomic E-state index is 0.0980. The lowest BCUT2D eigenvalue weighted by Crippen LogP contribution is -2.41. The van der Waals surface area contributed by atoms with E-state index in [0.29, 0.717) is 37.1 Å². The average molecular weight is 499 g/mol. The molecule has 5 heterocycles. The molecular formula is C21H23ClN10OS. The van der Waals surface area contributed by atoms with Crippen LogP contribution in [0.1, 0.15) is 16.8 Å². The van der Waals surface area contributed by atoms with E-state index >= 15 is 0 Å². The number of hydrogen-bond donors (Lipinski definition) is 2. The third kappa shape index (κ3) is 4.27.